The second-order valence-corrected chi connectivity index (χ2v) is 3.70. The number of hydrogen-bond donors (Lipinski definition) is 4. The van der Waals surface area contributed by atoms with Crippen molar-refractivity contribution in [3.05, 3.63) is 29.8 Å². The summed E-state index contributed by atoms with van der Waals surface area (Å²) in [5, 5.41) is 41.2. The first-order valence-electron chi connectivity index (χ1n) is 5.40. The van der Waals surface area contributed by atoms with Gasteiger partial charge in [0.2, 0.25) is 0 Å². The van der Waals surface area contributed by atoms with E-state index in [4.69, 9.17) is 10.5 Å². The second-order valence-electron chi connectivity index (χ2n) is 3.70. The summed E-state index contributed by atoms with van der Waals surface area (Å²) < 4.78 is 0. The van der Waals surface area contributed by atoms with Crippen molar-refractivity contribution < 1.29 is 20.2 Å². The summed E-state index contributed by atoms with van der Waals surface area (Å²) in [6.07, 6.45) is -2.13. The Morgan fingerprint density at radius 3 is 2.79 bits per heavy atom. The van der Waals surface area contributed by atoms with Crippen molar-refractivity contribution in [2.75, 3.05) is 5.32 Å². The third kappa shape index (κ3) is 4.06. The quantitative estimate of drug-likeness (QED) is 0.347. The van der Waals surface area contributed by atoms with Gasteiger partial charge >= 0.3 is 0 Å². The Kier molecular flexibility index (Phi) is 5.47. The van der Waals surface area contributed by atoms with Crippen molar-refractivity contribution in [3.63, 3.8) is 0 Å². The highest BCUT2D eigenvalue weighted by atomic mass is 16.4. The highest BCUT2D eigenvalue weighted by Crippen LogP contribution is 2.26. The highest BCUT2D eigenvalue weighted by molar-refractivity contribution is 6.31. The summed E-state index contributed by atoms with van der Waals surface area (Å²) >= 11 is 0. The Bertz CT molecular complexity index is 510. The molecule has 0 saturated heterocycles. The average Bonchev–Trinajstić information content (AvgIpc) is 2.39. The van der Waals surface area contributed by atoms with Gasteiger partial charge in [0.05, 0.1) is 18.6 Å². The van der Waals surface area contributed by atoms with Gasteiger partial charge in [-0.15, -0.1) is 0 Å². The van der Waals surface area contributed by atoms with Crippen molar-refractivity contribution >= 4 is 17.8 Å². The van der Waals surface area contributed by atoms with E-state index in [1.54, 1.807) is 18.2 Å². The SMILES string of the molecule is N#CCC(O)C(O)c1ccccc1NC(=O)C=NO. The number of benzene rings is 1. The summed E-state index contributed by atoms with van der Waals surface area (Å²) in [5.74, 6) is -0.683. The Morgan fingerprint density at radius 2 is 2.16 bits per heavy atom. The summed E-state index contributed by atoms with van der Waals surface area (Å²) in [6, 6.07) is 8.01. The van der Waals surface area contributed by atoms with Gasteiger partial charge < -0.3 is 20.7 Å². The van der Waals surface area contributed by atoms with Crippen molar-refractivity contribution in [3.8, 4) is 6.07 Å². The fraction of sp³-hybridized carbons (Fsp3) is 0.250. The molecule has 0 aliphatic carbocycles. The van der Waals surface area contributed by atoms with Crippen molar-refractivity contribution in [1.82, 2.24) is 0 Å². The van der Waals surface area contributed by atoms with Crippen LogP contribution < -0.4 is 5.32 Å². The third-order valence-corrected chi connectivity index (χ3v) is 2.38. The molecule has 2 atom stereocenters. The van der Waals surface area contributed by atoms with E-state index in [0.29, 0.717) is 6.21 Å². The maximum Gasteiger partial charge on any atom is 0.270 e. The van der Waals surface area contributed by atoms with E-state index >= 15 is 0 Å². The van der Waals surface area contributed by atoms with E-state index in [1.165, 1.54) is 12.1 Å². The molecule has 100 valence electrons. The van der Waals surface area contributed by atoms with Crippen LogP contribution in [0.3, 0.4) is 0 Å². The van der Waals surface area contributed by atoms with Crippen molar-refractivity contribution in [2.45, 2.75) is 18.6 Å². The number of carbonyl (C=O) groups excluding carboxylic acids is 1. The molecule has 0 radical (unpaired) electrons. The first kappa shape index (κ1) is 14.6. The minimum absolute atomic E-state index is 0.235. The zero-order valence-electron chi connectivity index (χ0n) is 9.89. The van der Waals surface area contributed by atoms with E-state index < -0.39 is 18.1 Å². The van der Waals surface area contributed by atoms with Crippen molar-refractivity contribution in [2.24, 2.45) is 5.16 Å². The Hall–Kier alpha value is -2.43. The summed E-state index contributed by atoms with van der Waals surface area (Å²) in [4.78, 5) is 11.3. The monoisotopic (exact) mass is 263 g/mol. The Labute approximate surface area is 109 Å². The van der Waals surface area contributed by atoms with Gasteiger partial charge in [-0.05, 0) is 6.07 Å². The number of aliphatic hydroxyl groups excluding tert-OH is 2. The van der Waals surface area contributed by atoms with Gasteiger partial charge in [-0.2, -0.15) is 5.26 Å². The average molecular weight is 263 g/mol. The van der Waals surface area contributed by atoms with Crippen LogP contribution in [0.25, 0.3) is 0 Å². The number of hydrogen-bond acceptors (Lipinski definition) is 6. The Balaban J connectivity index is 2.95. The zero-order valence-corrected chi connectivity index (χ0v) is 9.89. The molecule has 1 aromatic rings. The lowest BCUT2D eigenvalue weighted by molar-refractivity contribution is -0.110. The highest BCUT2D eigenvalue weighted by Gasteiger charge is 2.21. The number of nitrogens with one attached hydrogen (secondary N) is 1. The number of nitriles is 1. The molecule has 0 saturated carbocycles. The maximum atomic E-state index is 11.3. The van der Waals surface area contributed by atoms with Crippen LogP contribution in [0.1, 0.15) is 18.1 Å². The normalized spacial score (nSPS) is 13.7. The molecule has 1 aromatic carbocycles. The van der Waals surface area contributed by atoms with Gasteiger partial charge in [-0.1, -0.05) is 23.4 Å². The van der Waals surface area contributed by atoms with Gasteiger partial charge in [0.25, 0.3) is 5.91 Å². The summed E-state index contributed by atoms with van der Waals surface area (Å²) in [7, 11) is 0. The molecule has 0 bridgehead atoms. The molecular formula is C12H13N3O4. The molecule has 7 nitrogen and oxygen atoms in total. The lowest BCUT2D eigenvalue weighted by Crippen LogP contribution is -2.21. The van der Waals surface area contributed by atoms with Crippen LogP contribution in [0.2, 0.25) is 0 Å². The predicted molar refractivity (Wildman–Crippen MR) is 66.5 cm³/mol. The van der Waals surface area contributed by atoms with E-state index in [2.05, 4.69) is 10.5 Å². The number of oxime groups is 1. The molecule has 0 fully saturated rings. The smallest absolute Gasteiger partial charge is 0.270 e. The number of anilines is 1. The number of amides is 1. The van der Waals surface area contributed by atoms with Gasteiger partial charge in [0.1, 0.15) is 12.3 Å². The molecule has 0 aliphatic rings. The topological polar surface area (TPSA) is 126 Å². The molecule has 19 heavy (non-hydrogen) atoms. The molecule has 7 heteroatoms. The largest absolute Gasteiger partial charge is 0.411 e. The molecular weight excluding hydrogens is 250 g/mol. The van der Waals surface area contributed by atoms with Crippen LogP contribution >= 0.6 is 0 Å². The lowest BCUT2D eigenvalue weighted by Gasteiger charge is -2.18. The first-order chi connectivity index (χ1) is 9.10. The van der Waals surface area contributed by atoms with E-state index in [0.717, 1.165) is 0 Å². The third-order valence-electron chi connectivity index (χ3n) is 2.38. The number of para-hydroxylation sites is 1. The number of carbonyl (C=O) groups is 1. The fourth-order valence-corrected chi connectivity index (χ4v) is 1.50. The van der Waals surface area contributed by atoms with Gasteiger partial charge in [0, 0.05) is 11.3 Å². The molecule has 0 aromatic heterocycles. The van der Waals surface area contributed by atoms with E-state index in [1.807, 2.05) is 0 Å². The second kappa shape index (κ2) is 7.10. The number of aliphatic hydroxyl groups is 2. The minimum Gasteiger partial charge on any atom is -0.411 e. The standard InChI is InChI=1S/C12H13N3O4/c13-6-5-10(16)12(18)8-3-1-2-4-9(8)15-11(17)7-14-19/h1-4,7,10,12,16,18-19H,5H2,(H,15,17). The molecule has 0 aliphatic heterocycles. The van der Waals surface area contributed by atoms with Crippen molar-refractivity contribution in [1.29, 1.82) is 5.26 Å². The first-order valence-corrected chi connectivity index (χ1v) is 5.40. The minimum atomic E-state index is -1.30. The molecule has 0 heterocycles. The summed E-state index contributed by atoms with van der Waals surface area (Å²) in [6.45, 7) is 0. The lowest BCUT2D eigenvalue weighted by atomic mass is 10.0. The van der Waals surface area contributed by atoms with Gasteiger partial charge in [-0.3, -0.25) is 4.79 Å². The molecule has 2 unspecified atom stereocenters. The number of nitrogens with zero attached hydrogens (tertiary/aromatic N) is 2. The molecule has 4 N–H and O–H groups in total. The van der Waals surface area contributed by atoms with Gasteiger partial charge in [0.15, 0.2) is 0 Å². The maximum absolute atomic E-state index is 11.3. The molecule has 1 amide bonds. The van der Waals surface area contributed by atoms with Crippen LogP contribution in [0.15, 0.2) is 29.4 Å². The van der Waals surface area contributed by atoms with Crippen LogP contribution in [0.4, 0.5) is 5.69 Å². The Morgan fingerprint density at radius 1 is 1.47 bits per heavy atom. The van der Waals surface area contributed by atoms with E-state index in [9.17, 15) is 15.0 Å². The predicted octanol–water partition coefficient (Wildman–Crippen LogP) is 0.393. The van der Waals surface area contributed by atoms with Crippen LogP contribution in [-0.2, 0) is 4.79 Å². The van der Waals surface area contributed by atoms with Crippen LogP contribution in [0, 0.1) is 11.3 Å². The van der Waals surface area contributed by atoms with Crippen LogP contribution in [0.5, 0.6) is 0 Å². The molecule has 1 rings (SSSR count). The number of rotatable bonds is 5. The van der Waals surface area contributed by atoms with Crippen LogP contribution in [-0.4, -0.2) is 33.6 Å². The fourth-order valence-electron chi connectivity index (χ4n) is 1.50. The van der Waals surface area contributed by atoms with Gasteiger partial charge in [-0.25, -0.2) is 0 Å². The zero-order chi connectivity index (χ0) is 14.3. The summed E-state index contributed by atoms with van der Waals surface area (Å²) in [5.41, 5.74) is 0.529. The van der Waals surface area contributed by atoms with E-state index in [-0.39, 0.29) is 17.7 Å². The molecule has 0 spiro atoms.